The van der Waals surface area contributed by atoms with Crippen LogP contribution in [-0.4, -0.2) is 85.9 Å². The molecule has 0 aliphatic heterocycles. The minimum absolute atomic E-state index is 0.0261. The van der Waals surface area contributed by atoms with Crippen LogP contribution in [0, 0.1) is 11.3 Å². The van der Waals surface area contributed by atoms with Gasteiger partial charge in [-0.15, -0.1) is 0 Å². The van der Waals surface area contributed by atoms with Gasteiger partial charge in [0.2, 0.25) is 17.7 Å². The number of amides is 3. The zero-order chi connectivity index (χ0) is 29.4. The van der Waals surface area contributed by atoms with Crippen molar-refractivity contribution in [1.29, 1.82) is 0 Å². The third-order valence-corrected chi connectivity index (χ3v) is 7.20. The molecule has 0 saturated carbocycles. The van der Waals surface area contributed by atoms with Crippen LogP contribution in [-0.2, 0) is 29.3 Å². The molecule has 1 aromatic rings. The Hall–Kier alpha value is -2.94. The molecule has 0 aliphatic rings. The fraction of sp³-hybridized carbons (Fsp3) is 0.655. The highest BCUT2D eigenvalue weighted by Crippen LogP contribution is 2.29. The molecule has 0 radical (unpaired) electrons. The smallest absolute Gasteiger partial charge is 0.325 e. The predicted molar refractivity (Wildman–Crippen MR) is 149 cm³/mol. The van der Waals surface area contributed by atoms with E-state index in [-0.39, 0.29) is 36.7 Å². The van der Waals surface area contributed by atoms with Gasteiger partial charge < -0.3 is 25.2 Å². The number of carbonyl (C=O) groups is 4. The number of nitrogens with zero attached hydrogens (tertiary/aromatic N) is 2. The zero-order valence-electron chi connectivity index (χ0n) is 25.0. The van der Waals surface area contributed by atoms with E-state index in [2.05, 4.69) is 10.6 Å². The third kappa shape index (κ3) is 8.55. The van der Waals surface area contributed by atoms with E-state index in [1.54, 1.807) is 19.0 Å². The van der Waals surface area contributed by atoms with Crippen molar-refractivity contribution in [2.45, 2.75) is 78.9 Å². The van der Waals surface area contributed by atoms with Crippen LogP contribution in [0.1, 0.15) is 61.0 Å². The summed E-state index contributed by atoms with van der Waals surface area (Å²) < 4.78 is 4.73. The molecule has 0 saturated heterocycles. The van der Waals surface area contributed by atoms with E-state index in [0.29, 0.717) is 0 Å². The van der Waals surface area contributed by atoms with Crippen LogP contribution in [0.4, 0.5) is 0 Å². The standard InChI is InChI=1S/C29H48N4O5/c1-19(2)22(17-33(20(3)34)18-23(35)38-11)32(10)27(37)25(28(4,5)6)31-26(36)24(30-9)29(7,8)21-15-13-12-14-16-21/h12-16,19,22,24-25,30H,17-18H2,1-11H3,(H,31,36)/t22-,24?,25-/m1/s1. The highest BCUT2D eigenvalue weighted by Gasteiger charge is 2.42. The molecule has 0 heterocycles. The first-order valence-corrected chi connectivity index (χ1v) is 13.1. The third-order valence-electron chi connectivity index (χ3n) is 7.20. The lowest BCUT2D eigenvalue weighted by atomic mass is 9.76. The van der Waals surface area contributed by atoms with Crippen LogP contribution in [0.25, 0.3) is 0 Å². The maximum Gasteiger partial charge on any atom is 0.325 e. The number of methoxy groups -OCH3 is 1. The van der Waals surface area contributed by atoms with Gasteiger partial charge in [0.15, 0.2) is 0 Å². The summed E-state index contributed by atoms with van der Waals surface area (Å²) in [7, 11) is 4.68. The molecule has 0 aromatic heterocycles. The second kappa shape index (κ2) is 13.7. The Morgan fingerprint density at radius 1 is 0.974 bits per heavy atom. The van der Waals surface area contributed by atoms with Gasteiger partial charge in [0, 0.05) is 25.9 Å². The fourth-order valence-electron chi connectivity index (χ4n) is 4.63. The van der Waals surface area contributed by atoms with Crippen molar-refractivity contribution in [2.24, 2.45) is 11.3 Å². The van der Waals surface area contributed by atoms with E-state index in [4.69, 9.17) is 4.74 Å². The molecule has 0 bridgehead atoms. The van der Waals surface area contributed by atoms with Gasteiger partial charge in [0.1, 0.15) is 12.6 Å². The fourth-order valence-corrected chi connectivity index (χ4v) is 4.63. The molecule has 0 fully saturated rings. The van der Waals surface area contributed by atoms with Crippen molar-refractivity contribution in [1.82, 2.24) is 20.4 Å². The topological polar surface area (TPSA) is 108 Å². The van der Waals surface area contributed by atoms with Crippen LogP contribution in [0.15, 0.2) is 30.3 Å². The Morgan fingerprint density at radius 2 is 1.53 bits per heavy atom. The minimum Gasteiger partial charge on any atom is -0.468 e. The van der Waals surface area contributed by atoms with Gasteiger partial charge in [-0.25, -0.2) is 0 Å². The van der Waals surface area contributed by atoms with Crippen molar-refractivity contribution >= 4 is 23.7 Å². The molecular weight excluding hydrogens is 484 g/mol. The molecule has 3 atom stereocenters. The Kier molecular flexibility index (Phi) is 12.0. The molecule has 2 N–H and O–H groups in total. The number of hydrogen-bond acceptors (Lipinski definition) is 6. The van der Waals surface area contributed by atoms with Crippen LogP contribution >= 0.6 is 0 Å². The Balaban J connectivity index is 3.27. The summed E-state index contributed by atoms with van der Waals surface area (Å²) in [6.07, 6.45) is 0. The molecule has 38 heavy (non-hydrogen) atoms. The van der Waals surface area contributed by atoms with E-state index in [1.165, 1.54) is 18.9 Å². The molecular formula is C29H48N4O5. The molecule has 0 aliphatic carbocycles. The first kappa shape index (κ1) is 33.1. The molecule has 9 nitrogen and oxygen atoms in total. The summed E-state index contributed by atoms with van der Waals surface area (Å²) >= 11 is 0. The number of esters is 1. The summed E-state index contributed by atoms with van der Waals surface area (Å²) in [5.74, 6) is -1.39. The Labute approximate surface area is 228 Å². The summed E-state index contributed by atoms with van der Waals surface area (Å²) in [6, 6.07) is 7.97. The number of rotatable bonds is 12. The minimum atomic E-state index is -0.824. The molecule has 0 spiro atoms. The first-order chi connectivity index (χ1) is 17.5. The maximum atomic E-state index is 13.9. The Morgan fingerprint density at radius 3 is 1.95 bits per heavy atom. The number of benzene rings is 1. The Bertz CT molecular complexity index is 955. The number of likely N-dealkylation sites (N-methyl/N-ethyl adjacent to an activating group) is 2. The maximum absolute atomic E-state index is 13.9. The first-order valence-electron chi connectivity index (χ1n) is 13.1. The van der Waals surface area contributed by atoms with Crippen molar-refractivity contribution in [3.05, 3.63) is 35.9 Å². The number of nitrogens with one attached hydrogen (secondary N) is 2. The van der Waals surface area contributed by atoms with Crippen molar-refractivity contribution in [3.63, 3.8) is 0 Å². The van der Waals surface area contributed by atoms with E-state index in [0.717, 1.165) is 5.56 Å². The van der Waals surface area contributed by atoms with Gasteiger partial charge in [-0.3, -0.25) is 19.2 Å². The average Bonchev–Trinajstić information content (AvgIpc) is 2.83. The average molecular weight is 533 g/mol. The highest BCUT2D eigenvalue weighted by atomic mass is 16.5. The van der Waals surface area contributed by atoms with Gasteiger partial charge >= 0.3 is 5.97 Å². The summed E-state index contributed by atoms with van der Waals surface area (Å²) in [5.41, 5.74) is -0.141. The lowest BCUT2D eigenvalue weighted by Gasteiger charge is -2.41. The van der Waals surface area contributed by atoms with Gasteiger partial charge in [-0.1, -0.05) is 78.8 Å². The van der Waals surface area contributed by atoms with Gasteiger partial charge in [0.25, 0.3) is 0 Å². The number of ether oxygens (including phenoxy) is 1. The molecule has 1 unspecified atom stereocenters. The van der Waals surface area contributed by atoms with E-state index >= 15 is 0 Å². The van der Waals surface area contributed by atoms with Gasteiger partial charge in [-0.05, 0) is 23.9 Å². The summed E-state index contributed by atoms with van der Waals surface area (Å²) in [5, 5.41) is 6.17. The van der Waals surface area contributed by atoms with Gasteiger partial charge in [0.05, 0.1) is 19.2 Å². The monoisotopic (exact) mass is 532 g/mol. The predicted octanol–water partition coefficient (Wildman–Crippen LogP) is 2.59. The van der Waals surface area contributed by atoms with Crippen molar-refractivity contribution < 1.29 is 23.9 Å². The summed E-state index contributed by atoms with van der Waals surface area (Å²) in [6.45, 7) is 15.0. The lowest BCUT2D eigenvalue weighted by molar-refractivity contribution is -0.148. The van der Waals surface area contributed by atoms with Crippen LogP contribution in [0.3, 0.4) is 0 Å². The van der Waals surface area contributed by atoms with E-state index in [1.807, 2.05) is 78.8 Å². The zero-order valence-corrected chi connectivity index (χ0v) is 25.0. The van der Waals surface area contributed by atoms with E-state index in [9.17, 15) is 19.2 Å². The second-order valence-electron chi connectivity index (χ2n) is 11.9. The summed E-state index contributed by atoms with van der Waals surface area (Å²) in [4.78, 5) is 54.7. The van der Waals surface area contributed by atoms with Crippen molar-refractivity contribution in [2.75, 3.05) is 34.3 Å². The largest absolute Gasteiger partial charge is 0.468 e. The highest BCUT2D eigenvalue weighted by molar-refractivity contribution is 5.91. The normalized spacial score (nSPS) is 14.3. The SMILES string of the molecule is CNC(C(=O)N[C@H](C(=O)N(C)[C@H](CN(CC(=O)OC)C(C)=O)C(C)C)C(C)(C)C)C(C)(C)c1ccccc1. The van der Waals surface area contributed by atoms with Crippen LogP contribution < -0.4 is 10.6 Å². The number of hydrogen-bond donors (Lipinski definition) is 2. The molecule has 214 valence electrons. The molecule has 1 rings (SSSR count). The van der Waals surface area contributed by atoms with E-state index < -0.39 is 34.9 Å². The van der Waals surface area contributed by atoms with Gasteiger partial charge in [-0.2, -0.15) is 0 Å². The molecule has 1 aromatic carbocycles. The molecule has 9 heteroatoms. The second-order valence-corrected chi connectivity index (χ2v) is 11.9. The molecule has 3 amide bonds. The van der Waals surface area contributed by atoms with Crippen LogP contribution in [0.2, 0.25) is 0 Å². The van der Waals surface area contributed by atoms with Crippen LogP contribution in [0.5, 0.6) is 0 Å². The quantitative estimate of drug-likeness (QED) is 0.401. The lowest BCUT2D eigenvalue weighted by Crippen LogP contribution is -2.62. The number of carbonyl (C=O) groups excluding carboxylic acids is 4. The van der Waals surface area contributed by atoms with Crippen molar-refractivity contribution in [3.8, 4) is 0 Å².